The molecular weight excluding hydrogens is 296 g/mol. The van der Waals surface area contributed by atoms with E-state index in [1.54, 1.807) is 6.92 Å². The third-order valence-electron chi connectivity index (χ3n) is 3.68. The van der Waals surface area contributed by atoms with Crippen LogP contribution in [0, 0.1) is 5.41 Å². The number of sulfone groups is 1. The summed E-state index contributed by atoms with van der Waals surface area (Å²) in [6, 6.07) is 3.25. The Balaban J connectivity index is 2.29. The van der Waals surface area contributed by atoms with E-state index in [9.17, 15) is 18.3 Å². The first kappa shape index (κ1) is 15.7. The zero-order chi connectivity index (χ0) is 15.8. The lowest BCUT2D eigenvalue weighted by atomic mass is 9.85. The fourth-order valence-corrected chi connectivity index (χ4v) is 2.68. The highest BCUT2D eigenvalue weighted by Gasteiger charge is 2.44. The van der Waals surface area contributed by atoms with Crippen molar-refractivity contribution in [1.29, 1.82) is 0 Å². The number of nitrogens with one attached hydrogen (secondary N) is 1. The number of phenols is 1. The van der Waals surface area contributed by atoms with E-state index in [2.05, 4.69) is 5.32 Å². The molecule has 1 fully saturated rings. The Hall–Kier alpha value is -1.64. The molecule has 1 heterocycles. The molecular formula is C13H18N2O5S. The van der Waals surface area contributed by atoms with Gasteiger partial charge in [0.2, 0.25) is 5.91 Å². The number of benzene rings is 1. The summed E-state index contributed by atoms with van der Waals surface area (Å²) in [4.78, 5) is 12.3. The van der Waals surface area contributed by atoms with Gasteiger partial charge in [-0.15, -0.1) is 0 Å². The highest BCUT2D eigenvalue weighted by atomic mass is 32.2. The molecule has 116 valence electrons. The van der Waals surface area contributed by atoms with E-state index in [1.807, 2.05) is 0 Å². The van der Waals surface area contributed by atoms with Crippen molar-refractivity contribution >= 4 is 21.4 Å². The molecule has 1 amide bonds. The highest BCUT2D eigenvalue weighted by Crippen LogP contribution is 2.32. The van der Waals surface area contributed by atoms with E-state index in [-0.39, 0.29) is 29.5 Å². The summed E-state index contributed by atoms with van der Waals surface area (Å²) in [6.45, 7) is 2.11. The average molecular weight is 314 g/mol. The molecule has 1 saturated heterocycles. The normalized spacial score (nSPS) is 25.8. The molecule has 0 aromatic heterocycles. The molecule has 0 spiro atoms. The van der Waals surface area contributed by atoms with Crippen LogP contribution in [0.2, 0.25) is 0 Å². The van der Waals surface area contributed by atoms with Crippen LogP contribution in [-0.4, -0.2) is 44.9 Å². The molecule has 7 nitrogen and oxygen atoms in total. The van der Waals surface area contributed by atoms with Crippen molar-refractivity contribution in [3.8, 4) is 5.75 Å². The number of rotatable bonds is 3. The number of carbonyl (C=O) groups excluding carboxylic acids is 1. The molecule has 0 aliphatic carbocycles. The number of hydrogen-bond acceptors (Lipinski definition) is 6. The third kappa shape index (κ3) is 3.02. The predicted molar refractivity (Wildman–Crippen MR) is 76.7 cm³/mol. The van der Waals surface area contributed by atoms with Gasteiger partial charge in [0.15, 0.2) is 9.84 Å². The summed E-state index contributed by atoms with van der Waals surface area (Å²) in [5, 5.41) is 12.3. The van der Waals surface area contributed by atoms with Gasteiger partial charge in [0, 0.05) is 12.3 Å². The Kier molecular flexibility index (Phi) is 3.96. The zero-order valence-electron chi connectivity index (χ0n) is 11.8. The van der Waals surface area contributed by atoms with Crippen molar-refractivity contribution in [2.75, 3.05) is 24.8 Å². The maximum Gasteiger partial charge on any atom is 0.234 e. The number of amides is 1. The molecule has 21 heavy (non-hydrogen) atoms. The minimum atomic E-state index is -3.43. The number of nitrogens with two attached hydrogens (primary N) is 1. The standard InChI is InChI=1S/C13H18N2O5S/c1-13(7-20-6-11(13)14)12(17)15-9-5-8(21(2,18)19)3-4-10(9)16/h3-5,11,16H,6-7,14H2,1-2H3,(H,15,17). The molecule has 0 saturated carbocycles. The van der Waals surface area contributed by atoms with Gasteiger partial charge in [0.25, 0.3) is 0 Å². The second kappa shape index (κ2) is 5.28. The number of phenolic OH excluding ortho intramolecular Hbond substituents is 1. The van der Waals surface area contributed by atoms with E-state index in [4.69, 9.17) is 10.5 Å². The molecule has 1 aromatic rings. The summed E-state index contributed by atoms with van der Waals surface area (Å²) in [6.07, 6.45) is 1.05. The minimum Gasteiger partial charge on any atom is -0.506 e. The number of aromatic hydroxyl groups is 1. The summed E-state index contributed by atoms with van der Waals surface area (Å²) in [5.41, 5.74) is 4.97. The molecule has 2 atom stereocenters. The van der Waals surface area contributed by atoms with E-state index >= 15 is 0 Å². The lowest BCUT2D eigenvalue weighted by Gasteiger charge is -2.25. The van der Waals surface area contributed by atoms with Gasteiger partial charge in [0.05, 0.1) is 29.2 Å². The fraction of sp³-hybridized carbons (Fsp3) is 0.462. The molecule has 1 aromatic carbocycles. The fourth-order valence-electron chi connectivity index (χ4n) is 2.03. The molecule has 2 rings (SSSR count). The first-order valence-electron chi connectivity index (χ1n) is 6.32. The van der Waals surface area contributed by atoms with Crippen LogP contribution >= 0.6 is 0 Å². The molecule has 4 N–H and O–H groups in total. The van der Waals surface area contributed by atoms with Gasteiger partial charge in [-0.3, -0.25) is 4.79 Å². The van der Waals surface area contributed by atoms with Crippen LogP contribution < -0.4 is 11.1 Å². The van der Waals surface area contributed by atoms with Crippen LogP contribution in [0.5, 0.6) is 5.75 Å². The maximum absolute atomic E-state index is 12.3. The SMILES string of the molecule is CC1(C(=O)Nc2cc(S(C)(=O)=O)ccc2O)COCC1N. The highest BCUT2D eigenvalue weighted by molar-refractivity contribution is 7.90. The number of hydrogen-bond donors (Lipinski definition) is 3. The van der Waals surface area contributed by atoms with Gasteiger partial charge in [-0.25, -0.2) is 8.42 Å². The number of carbonyl (C=O) groups is 1. The van der Waals surface area contributed by atoms with Gasteiger partial charge < -0.3 is 20.9 Å². The van der Waals surface area contributed by atoms with Crippen molar-refractivity contribution in [3.05, 3.63) is 18.2 Å². The molecule has 2 unspecified atom stereocenters. The lowest BCUT2D eigenvalue weighted by Crippen LogP contribution is -2.47. The number of ether oxygens (including phenoxy) is 1. The van der Waals surface area contributed by atoms with Gasteiger partial charge in [-0.05, 0) is 25.1 Å². The van der Waals surface area contributed by atoms with Gasteiger partial charge in [0.1, 0.15) is 5.75 Å². The molecule has 0 bridgehead atoms. The number of anilines is 1. The van der Waals surface area contributed by atoms with Crippen molar-refractivity contribution < 1.29 is 23.1 Å². The van der Waals surface area contributed by atoms with E-state index in [0.29, 0.717) is 0 Å². The summed E-state index contributed by atoms with van der Waals surface area (Å²) in [5.74, 6) is -0.639. The van der Waals surface area contributed by atoms with Gasteiger partial charge in [-0.1, -0.05) is 0 Å². The van der Waals surface area contributed by atoms with Gasteiger partial charge >= 0.3 is 0 Å². The molecule has 0 radical (unpaired) electrons. The maximum atomic E-state index is 12.3. The van der Waals surface area contributed by atoms with Crippen molar-refractivity contribution in [2.24, 2.45) is 11.1 Å². The Bertz CT molecular complexity index is 673. The van der Waals surface area contributed by atoms with Crippen LogP contribution in [0.4, 0.5) is 5.69 Å². The molecule has 1 aliphatic heterocycles. The smallest absolute Gasteiger partial charge is 0.234 e. The molecule has 8 heteroatoms. The zero-order valence-corrected chi connectivity index (χ0v) is 12.6. The monoisotopic (exact) mass is 314 g/mol. The second-order valence-electron chi connectivity index (χ2n) is 5.44. The van der Waals surface area contributed by atoms with Gasteiger partial charge in [-0.2, -0.15) is 0 Å². The summed E-state index contributed by atoms with van der Waals surface area (Å²) < 4.78 is 28.2. The Morgan fingerprint density at radius 2 is 2.19 bits per heavy atom. The first-order valence-corrected chi connectivity index (χ1v) is 8.21. The summed E-state index contributed by atoms with van der Waals surface area (Å²) in [7, 11) is -3.43. The van der Waals surface area contributed by atoms with Crippen LogP contribution in [0.15, 0.2) is 23.1 Å². The lowest BCUT2D eigenvalue weighted by molar-refractivity contribution is -0.125. The van der Waals surface area contributed by atoms with Crippen molar-refractivity contribution in [2.45, 2.75) is 17.9 Å². The van der Waals surface area contributed by atoms with E-state index in [0.717, 1.165) is 6.26 Å². The van der Waals surface area contributed by atoms with E-state index < -0.39 is 27.2 Å². The van der Waals surface area contributed by atoms with Crippen LogP contribution in [0.25, 0.3) is 0 Å². The van der Waals surface area contributed by atoms with Crippen molar-refractivity contribution in [1.82, 2.24) is 0 Å². The quantitative estimate of drug-likeness (QED) is 0.681. The average Bonchev–Trinajstić information content (AvgIpc) is 2.72. The minimum absolute atomic E-state index is 0.00715. The Labute approximate surface area is 123 Å². The van der Waals surface area contributed by atoms with Crippen LogP contribution in [0.1, 0.15) is 6.92 Å². The molecule has 1 aliphatic rings. The summed E-state index contributed by atoms with van der Waals surface area (Å²) >= 11 is 0. The Morgan fingerprint density at radius 1 is 1.52 bits per heavy atom. The Morgan fingerprint density at radius 3 is 2.71 bits per heavy atom. The van der Waals surface area contributed by atoms with E-state index in [1.165, 1.54) is 18.2 Å². The third-order valence-corrected chi connectivity index (χ3v) is 4.79. The second-order valence-corrected chi connectivity index (χ2v) is 7.46. The first-order chi connectivity index (χ1) is 9.64. The van der Waals surface area contributed by atoms with Crippen LogP contribution in [0.3, 0.4) is 0 Å². The largest absolute Gasteiger partial charge is 0.506 e. The van der Waals surface area contributed by atoms with Crippen molar-refractivity contribution in [3.63, 3.8) is 0 Å². The predicted octanol–water partition coefficient (Wildman–Crippen LogP) is 0.0980. The topological polar surface area (TPSA) is 119 Å². The van der Waals surface area contributed by atoms with Crippen LogP contribution in [-0.2, 0) is 19.4 Å².